The van der Waals surface area contributed by atoms with Gasteiger partial charge >= 0.3 is 0 Å². The minimum Gasteiger partial charge on any atom is -0.507 e. The molecule has 0 amide bonds. The lowest BCUT2D eigenvalue weighted by Crippen LogP contribution is -2.22. The Hall–Kier alpha value is -2.03. The Labute approximate surface area is 113 Å². The van der Waals surface area contributed by atoms with Gasteiger partial charge < -0.3 is 10.0 Å². The fourth-order valence-electron chi connectivity index (χ4n) is 2.09. The molecule has 0 aliphatic heterocycles. The summed E-state index contributed by atoms with van der Waals surface area (Å²) in [5, 5.41) is 10.0. The minimum absolute atomic E-state index is 0.238. The number of hydrogen-bond donors (Lipinski definition) is 1. The van der Waals surface area contributed by atoms with Gasteiger partial charge in [-0.3, -0.25) is 0 Å². The van der Waals surface area contributed by atoms with E-state index < -0.39 is 0 Å². The van der Waals surface area contributed by atoms with Gasteiger partial charge in [-0.2, -0.15) is 0 Å². The van der Waals surface area contributed by atoms with E-state index in [1.165, 1.54) is 12.1 Å². The van der Waals surface area contributed by atoms with Crippen LogP contribution >= 0.6 is 0 Å². The molecule has 0 spiro atoms. The fourth-order valence-corrected chi connectivity index (χ4v) is 2.09. The molecule has 0 aliphatic carbocycles. The molecule has 0 fully saturated rings. The highest BCUT2D eigenvalue weighted by Crippen LogP contribution is 2.25. The molecule has 0 atom stereocenters. The van der Waals surface area contributed by atoms with Gasteiger partial charge in [-0.05, 0) is 43.7 Å². The molecule has 2 nitrogen and oxygen atoms in total. The highest BCUT2D eigenvalue weighted by molar-refractivity contribution is 5.49. The van der Waals surface area contributed by atoms with Crippen LogP contribution in [0.5, 0.6) is 5.75 Å². The Morgan fingerprint density at radius 3 is 2.42 bits per heavy atom. The van der Waals surface area contributed by atoms with E-state index in [4.69, 9.17) is 0 Å². The van der Waals surface area contributed by atoms with Gasteiger partial charge in [0.05, 0.1) is 0 Å². The van der Waals surface area contributed by atoms with Gasteiger partial charge in [-0.1, -0.05) is 18.2 Å². The third kappa shape index (κ3) is 3.05. The number of phenols is 1. The van der Waals surface area contributed by atoms with Crippen molar-refractivity contribution in [3.8, 4) is 5.75 Å². The number of anilines is 1. The molecular formula is C16H18FNO. The SMILES string of the molecule is CCN(Cc1cccc(C)c1O)c1ccc(F)cc1. The predicted molar refractivity (Wildman–Crippen MR) is 76.0 cm³/mol. The molecule has 0 unspecified atom stereocenters. The maximum atomic E-state index is 12.9. The minimum atomic E-state index is -0.238. The van der Waals surface area contributed by atoms with Crippen molar-refractivity contribution in [2.75, 3.05) is 11.4 Å². The lowest BCUT2D eigenvalue weighted by atomic mass is 10.1. The molecule has 0 heterocycles. The lowest BCUT2D eigenvalue weighted by molar-refractivity contribution is 0.463. The van der Waals surface area contributed by atoms with Gasteiger partial charge in [-0.15, -0.1) is 0 Å². The van der Waals surface area contributed by atoms with E-state index in [1.54, 1.807) is 12.1 Å². The van der Waals surface area contributed by atoms with Crippen LogP contribution in [0, 0.1) is 12.7 Å². The summed E-state index contributed by atoms with van der Waals surface area (Å²) in [6.45, 7) is 5.32. The van der Waals surface area contributed by atoms with Crippen LogP contribution in [0.25, 0.3) is 0 Å². The maximum Gasteiger partial charge on any atom is 0.123 e. The van der Waals surface area contributed by atoms with Crippen LogP contribution in [-0.4, -0.2) is 11.7 Å². The Bertz CT molecular complexity index is 551. The number of para-hydroxylation sites is 1. The summed E-state index contributed by atoms with van der Waals surface area (Å²) in [6.07, 6.45) is 0. The molecule has 2 aromatic rings. The Morgan fingerprint density at radius 1 is 1.11 bits per heavy atom. The van der Waals surface area contributed by atoms with E-state index >= 15 is 0 Å². The highest BCUT2D eigenvalue weighted by Gasteiger charge is 2.09. The second kappa shape index (κ2) is 5.74. The number of aryl methyl sites for hydroxylation is 1. The number of hydrogen-bond acceptors (Lipinski definition) is 2. The molecule has 0 saturated carbocycles. The Balaban J connectivity index is 2.24. The van der Waals surface area contributed by atoms with Crippen molar-refractivity contribution in [2.45, 2.75) is 20.4 Å². The molecule has 2 rings (SSSR count). The van der Waals surface area contributed by atoms with E-state index in [0.29, 0.717) is 12.3 Å². The highest BCUT2D eigenvalue weighted by atomic mass is 19.1. The molecule has 3 heteroatoms. The zero-order chi connectivity index (χ0) is 13.8. The molecular weight excluding hydrogens is 241 g/mol. The van der Waals surface area contributed by atoms with E-state index in [2.05, 4.69) is 4.90 Å². The lowest BCUT2D eigenvalue weighted by Gasteiger charge is -2.24. The average Bonchev–Trinajstić information content (AvgIpc) is 2.42. The summed E-state index contributed by atoms with van der Waals surface area (Å²) >= 11 is 0. The summed E-state index contributed by atoms with van der Waals surface area (Å²) in [4.78, 5) is 2.09. The smallest absolute Gasteiger partial charge is 0.123 e. The molecule has 19 heavy (non-hydrogen) atoms. The summed E-state index contributed by atoms with van der Waals surface area (Å²) in [5.74, 6) is 0.0984. The summed E-state index contributed by atoms with van der Waals surface area (Å²) in [6, 6.07) is 12.1. The van der Waals surface area contributed by atoms with Crippen molar-refractivity contribution in [1.29, 1.82) is 0 Å². The number of halogens is 1. The largest absolute Gasteiger partial charge is 0.507 e. The summed E-state index contributed by atoms with van der Waals surface area (Å²) in [5.41, 5.74) is 2.70. The number of aromatic hydroxyl groups is 1. The van der Waals surface area contributed by atoms with Gasteiger partial charge in [0.25, 0.3) is 0 Å². The normalized spacial score (nSPS) is 10.5. The van der Waals surface area contributed by atoms with Crippen LogP contribution in [0.2, 0.25) is 0 Å². The van der Waals surface area contributed by atoms with Crippen molar-refractivity contribution >= 4 is 5.69 Å². The van der Waals surface area contributed by atoms with Crippen molar-refractivity contribution < 1.29 is 9.50 Å². The molecule has 0 aliphatic rings. The van der Waals surface area contributed by atoms with Crippen LogP contribution in [0.4, 0.5) is 10.1 Å². The second-order valence-electron chi connectivity index (χ2n) is 4.57. The zero-order valence-electron chi connectivity index (χ0n) is 11.2. The van der Waals surface area contributed by atoms with Crippen molar-refractivity contribution in [2.24, 2.45) is 0 Å². The molecule has 0 aromatic heterocycles. The van der Waals surface area contributed by atoms with Crippen molar-refractivity contribution in [3.63, 3.8) is 0 Å². The van der Waals surface area contributed by atoms with Crippen LogP contribution in [0.3, 0.4) is 0 Å². The van der Waals surface area contributed by atoms with E-state index in [9.17, 15) is 9.50 Å². The van der Waals surface area contributed by atoms with E-state index in [0.717, 1.165) is 23.4 Å². The number of phenolic OH excluding ortho intramolecular Hbond substituents is 1. The van der Waals surface area contributed by atoms with Crippen LogP contribution in [-0.2, 0) is 6.54 Å². The standard InChI is InChI=1S/C16H18FNO/c1-3-18(15-9-7-14(17)8-10-15)11-13-6-4-5-12(2)16(13)19/h4-10,19H,3,11H2,1-2H3. The van der Waals surface area contributed by atoms with Crippen molar-refractivity contribution in [1.82, 2.24) is 0 Å². The van der Waals surface area contributed by atoms with Crippen LogP contribution < -0.4 is 4.90 Å². The first-order valence-corrected chi connectivity index (χ1v) is 6.39. The molecule has 0 saturated heterocycles. The summed E-state index contributed by atoms with van der Waals surface area (Å²) < 4.78 is 12.9. The second-order valence-corrected chi connectivity index (χ2v) is 4.57. The molecule has 1 N–H and O–H groups in total. The zero-order valence-corrected chi connectivity index (χ0v) is 11.2. The van der Waals surface area contributed by atoms with E-state index in [-0.39, 0.29) is 5.82 Å². The Morgan fingerprint density at radius 2 is 1.79 bits per heavy atom. The molecule has 0 bridgehead atoms. The molecule has 0 radical (unpaired) electrons. The number of rotatable bonds is 4. The third-order valence-corrected chi connectivity index (χ3v) is 3.26. The monoisotopic (exact) mass is 259 g/mol. The fraction of sp³-hybridized carbons (Fsp3) is 0.250. The molecule has 2 aromatic carbocycles. The van der Waals surface area contributed by atoms with Gasteiger partial charge in [0.1, 0.15) is 11.6 Å². The van der Waals surface area contributed by atoms with Gasteiger partial charge in [-0.25, -0.2) is 4.39 Å². The first-order valence-electron chi connectivity index (χ1n) is 6.39. The number of nitrogens with zero attached hydrogens (tertiary/aromatic N) is 1. The van der Waals surface area contributed by atoms with Crippen LogP contribution in [0.1, 0.15) is 18.1 Å². The summed E-state index contributed by atoms with van der Waals surface area (Å²) in [7, 11) is 0. The topological polar surface area (TPSA) is 23.5 Å². The first kappa shape index (κ1) is 13.4. The van der Waals surface area contributed by atoms with Gasteiger partial charge in [0.15, 0.2) is 0 Å². The van der Waals surface area contributed by atoms with Gasteiger partial charge in [0, 0.05) is 24.3 Å². The quantitative estimate of drug-likeness (QED) is 0.901. The predicted octanol–water partition coefficient (Wildman–Crippen LogP) is 3.87. The molecule has 100 valence electrons. The van der Waals surface area contributed by atoms with E-state index in [1.807, 2.05) is 32.0 Å². The van der Waals surface area contributed by atoms with Gasteiger partial charge in [0.2, 0.25) is 0 Å². The number of benzene rings is 2. The first-order chi connectivity index (χ1) is 9.11. The van der Waals surface area contributed by atoms with Crippen molar-refractivity contribution in [3.05, 3.63) is 59.4 Å². The Kier molecular flexibility index (Phi) is 4.05. The van der Waals surface area contributed by atoms with Crippen LogP contribution in [0.15, 0.2) is 42.5 Å². The average molecular weight is 259 g/mol. The maximum absolute atomic E-state index is 12.9. The third-order valence-electron chi connectivity index (χ3n) is 3.26.